The van der Waals surface area contributed by atoms with Gasteiger partial charge in [0.25, 0.3) is 5.91 Å². The van der Waals surface area contributed by atoms with Gasteiger partial charge in [-0.15, -0.1) is 0 Å². The van der Waals surface area contributed by atoms with Gasteiger partial charge in [0, 0.05) is 35.3 Å². The van der Waals surface area contributed by atoms with Crippen molar-refractivity contribution in [1.82, 2.24) is 10.2 Å². The first-order valence-corrected chi connectivity index (χ1v) is 11.8. The third-order valence-electron chi connectivity index (χ3n) is 6.49. The summed E-state index contributed by atoms with van der Waals surface area (Å²) in [5.74, 6) is -0.858. The molecule has 0 aromatic heterocycles. The molecule has 1 aliphatic rings. The normalized spacial score (nSPS) is 16.3. The minimum Gasteiger partial charge on any atom is -0.492 e. The lowest BCUT2D eigenvalue weighted by Gasteiger charge is -2.32. The van der Waals surface area contributed by atoms with Crippen molar-refractivity contribution in [3.63, 3.8) is 0 Å². The molecule has 1 heterocycles. The lowest BCUT2D eigenvalue weighted by atomic mass is 9.96. The van der Waals surface area contributed by atoms with E-state index >= 15 is 0 Å². The van der Waals surface area contributed by atoms with Gasteiger partial charge in [-0.2, -0.15) is 0 Å². The van der Waals surface area contributed by atoms with Crippen LogP contribution in [0.5, 0.6) is 5.75 Å². The summed E-state index contributed by atoms with van der Waals surface area (Å²) >= 11 is 6.46. The number of carboxylic acids is 1. The molecule has 2 amide bonds. The van der Waals surface area contributed by atoms with Crippen LogP contribution >= 0.6 is 11.6 Å². The SMILES string of the molecule is CCC(=O)N1CCC(COc2c(C(=O)NC(C)(CC)C(=O)O)cc(Cl)c3ccccc23)CC1. The molecule has 33 heavy (non-hydrogen) atoms. The van der Waals surface area contributed by atoms with Gasteiger partial charge < -0.3 is 20.1 Å². The first kappa shape index (κ1) is 24.8. The molecule has 1 aliphatic heterocycles. The zero-order valence-electron chi connectivity index (χ0n) is 19.3. The van der Waals surface area contributed by atoms with E-state index in [4.69, 9.17) is 16.3 Å². The number of likely N-dealkylation sites (tertiary alicyclic amines) is 1. The Kier molecular flexibility index (Phi) is 7.84. The largest absolute Gasteiger partial charge is 0.492 e. The standard InChI is InChI=1S/C25H31ClN2O5/c1-4-21(29)28-12-10-16(11-13-28)15-33-22-18-9-7-6-8-17(18)20(26)14-19(22)23(30)27-25(3,5-2)24(31)32/h6-9,14,16H,4-5,10-13,15H2,1-3H3,(H,27,30)(H,31,32). The van der Waals surface area contributed by atoms with Crippen molar-refractivity contribution in [3.05, 3.63) is 40.9 Å². The fraction of sp³-hybridized carbons (Fsp3) is 0.480. The second kappa shape index (κ2) is 10.4. The highest BCUT2D eigenvalue weighted by Gasteiger charge is 2.34. The summed E-state index contributed by atoms with van der Waals surface area (Å²) in [5, 5.41) is 14.1. The van der Waals surface area contributed by atoms with Crippen molar-refractivity contribution in [2.45, 2.75) is 52.0 Å². The predicted octanol–water partition coefficient (Wildman–Crippen LogP) is 4.50. The summed E-state index contributed by atoms with van der Waals surface area (Å²) < 4.78 is 6.23. The van der Waals surface area contributed by atoms with Gasteiger partial charge in [-0.05, 0) is 38.2 Å². The highest BCUT2D eigenvalue weighted by Crippen LogP contribution is 2.36. The molecule has 0 saturated carbocycles. The van der Waals surface area contributed by atoms with E-state index in [2.05, 4.69) is 5.32 Å². The summed E-state index contributed by atoms with van der Waals surface area (Å²) in [6, 6.07) is 8.93. The highest BCUT2D eigenvalue weighted by molar-refractivity contribution is 6.36. The molecular formula is C25H31ClN2O5. The average Bonchev–Trinajstić information content (AvgIpc) is 2.83. The van der Waals surface area contributed by atoms with Gasteiger partial charge in [-0.1, -0.05) is 49.7 Å². The minimum atomic E-state index is -1.41. The maximum absolute atomic E-state index is 13.2. The van der Waals surface area contributed by atoms with E-state index in [1.54, 1.807) is 6.92 Å². The number of nitrogens with zero attached hydrogens (tertiary/aromatic N) is 1. The Bertz CT molecular complexity index is 1050. The van der Waals surface area contributed by atoms with Gasteiger partial charge in [0.05, 0.1) is 12.2 Å². The molecule has 1 atom stereocenters. The summed E-state index contributed by atoms with van der Waals surface area (Å²) in [6.07, 6.45) is 2.38. The third-order valence-corrected chi connectivity index (χ3v) is 6.80. The molecule has 2 aromatic rings. The van der Waals surface area contributed by atoms with Crippen LogP contribution in [0.3, 0.4) is 0 Å². The maximum atomic E-state index is 13.2. The molecule has 3 rings (SSSR count). The number of halogens is 1. The Hall–Kier alpha value is -2.80. The molecule has 8 heteroatoms. The fourth-order valence-electron chi connectivity index (χ4n) is 4.01. The van der Waals surface area contributed by atoms with Crippen LogP contribution in [-0.4, -0.2) is 53.0 Å². The van der Waals surface area contributed by atoms with Gasteiger partial charge in [0.2, 0.25) is 5.91 Å². The van der Waals surface area contributed by atoms with Crippen molar-refractivity contribution < 1.29 is 24.2 Å². The first-order valence-electron chi connectivity index (χ1n) is 11.4. The Morgan fingerprint density at radius 2 is 1.82 bits per heavy atom. The zero-order chi connectivity index (χ0) is 24.2. The molecule has 0 radical (unpaired) electrons. The highest BCUT2D eigenvalue weighted by atomic mass is 35.5. The second-order valence-corrected chi connectivity index (χ2v) is 9.12. The molecule has 0 bridgehead atoms. The smallest absolute Gasteiger partial charge is 0.329 e. The van der Waals surface area contributed by atoms with Crippen LogP contribution in [-0.2, 0) is 9.59 Å². The number of piperidine rings is 1. The summed E-state index contributed by atoms with van der Waals surface area (Å²) in [6.45, 7) is 6.83. The number of fused-ring (bicyclic) bond motifs is 1. The van der Waals surface area contributed by atoms with E-state index in [0.717, 1.165) is 18.2 Å². The molecule has 2 aromatic carbocycles. The Balaban J connectivity index is 1.87. The molecule has 7 nitrogen and oxygen atoms in total. The first-order chi connectivity index (χ1) is 15.7. The van der Waals surface area contributed by atoms with Gasteiger partial charge in [0.1, 0.15) is 11.3 Å². The molecule has 178 valence electrons. The van der Waals surface area contributed by atoms with Crippen LogP contribution in [0.1, 0.15) is 56.8 Å². The second-order valence-electron chi connectivity index (χ2n) is 8.71. The molecule has 1 unspecified atom stereocenters. The van der Waals surface area contributed by atoms with Crippen molar-refractivity contribution in [2.75, 3.05) is 19.7 Å². The zero-order valence-corrected chi connectivity index (χ0v) is 20.1. The van der Waals surface area contributed by atoms with Crippen LogP contribution < -0.4 is 10.1 Å². The summed E-state index contributed by atoms with van der Waals surface area (Å²) in [4.78, 5) is 38.7. The van der Waals surface area contributed by atoms with Crippen LogP contribution in [0.2, 0.25) is 5.02 Å². The molecule has 1 fully saturated rings. The van der Waals surface area contributed by atoms with Gasteiger partial charge in [-0.3, -0.25) is 9.59 Å². The Labute approximate surface area is 199 Å². The van der Waals surface area contributed by atoms with Gasteiger partial charge in [0.15, 0.2) is 0 Å². The van der Waals surface area contributed by atoms with Crippen molar-refractivity contribution in [1.29, 1.82) is 0 Å². The molecule has 2 N–H and O–H groups in total. The number of rotatable bonds is 8. The van der Waals surface area contributed by atoms with Crippen LogP contribution in [0.25, 0.3) is 10.8 Å². The molecular weight excluding hydrogens is 444 g/mol. The number of hydrogen-bond donors (Lipinski definition) is 2. The number of amides is 2. The van der Waals surface area contributed by atoms with E-state index in [1.165, 1.54) is 13.0 Å². The number of nitrogens with one attached hydrogen (secondary N) is 1. The van der Waals surface area contributed by atoms with E-state index < -0.39 is 17.4 Å². The quantitative estimate of drug-likeness (QED) is 0.587. The third kappa shape index (κ3) is 5.41. The number of benzene rings is 2. The van der Waals surface area contributed by atoms with Crippen molar-refractivity contribution in [3.8, 4) is 5.75 Å². The van der Waals surface area contributed by atoms with Crippen LogP contribution in [0, 0.1) is 5.92 Å². The van der Waals surface area contributed by atoms with Gasteiger partial charge >= 0.3 is 5.97 Å². The van der Waals surface area contributed by atoms with Gasteiger partial charge in [-0.25, -0.2) is 4.79 Å². The molecule has 0 aliphatic carbocycles. The van der Waals surface area contributed by atoms with E-state index in [-0.39, 0.29) is 23.8 Å². The number of aliphatic carboxylic acids is 1. The van der Waals surface area contributed by atoms with E-state index in [1.807, 2.05) is 36.1 Å². The molecule has 1 saturated heterocycles. The van der Waals surface area contributed by atoms with Crippen molar-refractivity contribution in [2.24, 2.45) is 5.92 Å². The van der Waals surface area contributed by atoms with Crippen LogP contribution in [0.15, 0.2) is 30.3 Å². The monoisotopic (exact) mass is 474 g/mol. The van der Waals surface area contributed by atoms with E-state index in [0.29, 0.717) is 42.3 Å². The topological polar surface area (TPSA) is 95.9 Å². The number of carbonyl (C=O) groups is 3. The van der Waals surface area contributed by atoms with Crippen LogP contribution in [0.4, 0.5) is 0 Å². The maximum Gasteiger partial charge on any atom is 0.329 e. The lowest BCUT2D eigenvalue weighted by molar-refractivity contribution is -0.143. The lowest BCUT2D eigenvalue weighted by Crippen LogP contribution is -2.51. The number of carboxylic acid groups (broad SMARTS) is 1. The average molecular weight is 475 g/mol. The van der Waals surface area contributed by atoms with E-state index in [9.17, 15) is 19.5 Å². The Morgan fingerprint density at radius 1 is 1.18 bits per heavy atom. The number of carbonyl (C=O) groups excluding carboxylic acids is 2. The minimum absolute atomic E-state index is 0.162. The predicted molar refractivity (Wildman–Crippen MR) is 128 cm³/mol. The number of hydrogen-bond acceptors (Lipinski definition) is 4. The Morgan fingerprint density at radius 3 is 2.39 bits per heavy atom. The van der Waals surface area contributed by atoms with Crippen molar-refractivity contribution >= 4 is 40.2 Å². The number of ether oxygens (including phenoxy) is 1. The fourth-order valence-corrected chi connectivity index (χ4v) is 4.29. The summed E-state index contributed by atoms with van der Waals surface area (Å²) in [5.41, 5.74) is -1.20. The summed E-state index contributed by atoms with van der Waals surface area (Å²) in [7, 11) is 0. The molecule has 0 spiro atoms.